The quantitative estimate of drug-likeness (QED) is 0.800. The van der Waals surface area contributed by atoms with Crippen LogP contribution in [0.15, 0.2) is 20.0 Å². The van der Waals surface area contributed by atoms with Crippen LogP contribution in [0, 0.1) is 0 Å². The molecule has 0 aromatic carbocycles. The van der Waals surface area contributed by atoms with Crippen LogP contribution in [-0.4, -0.2) is 43.4 Å². The van der Waals surface area contributed by atoms with Crippen molar-refractivity contribution >= 4 is 37.7 Å². The van der Waals surface area contributed by atoms with Gasteiger partial charge >= 0.3 is 0 Å². The van der Waals surface area contributed by atoms with E-state index in [0.29, 0.717) is 18.3 Å². The zero-order valence-electron chi connectivity index (χ0n) is 12.4. The predicted molar refractivity (Wildman–Crippen MR) is 89.1 cm³/mol. The molecule has 0 aliphatic carbocycles. The van der Waals surface area contributed by atoms with Gasteiger partial charge < -0.3 is 9.73 Å². The molecule has 0 radical (unpaired) electrons. The molecule has 21 heavy (non-hydrogen) atoms. The van der Waals surface area contributed by atoms with Crippen LogP contribution in [-0.2, 0) is 16.6 Å². The number of nitrogens with zero attached hydrogens (tertiary/aromatic N) is 1. The number of halogens is 1. The highest BCUT2D eigenvalue weighted by atomic mass is 79.9. The third-order valence-electron chi connectivity index (χ3n) is 3.47. The first-order chi connectivity index (χ1) is 9.82. The van der Waals surface area contributed by atoms with Crippen LogP contribution < -0.4 is 5.32 Å². The van der Waals surface area contributed by atoms with Crippen LogP contribution in [0.25, 0.3) is 0 Å². The van der Waals surface area contributed by atoms with Gasteiger partial charge in [-0.3, -0.25) is 0 Å². The Balaban J connectivity index is 2.19. The molecule has 1 fully saturated rings. The molecule has 0 bridgehead atoms. The number of sulfonamides is 1. The molecule has 0 spiro atoms. The van der Waals surface area contributed by atoms with Crippen molar-refractivity contribution in [1.29, 1.82) is 0 Å². The fraction of sp³-hybridized carbons (Fsp3) is 0.692. The summed E-state index contributed by atoms with van der Waals surface area (Å²) >= 11 is 5.02. The summed E-state index contributed by atoms with van der Waals surface area (Å²) < 4.78 is 32.7. The van der Waals surface area contributed by atoms with Gasteiger partial charge in [0.25, 0.3) is 0 Å². The third-order valence-corrected chi connectivity index (χ3v) is 7.38. The lowest BCUT2D eigenvalue weighted by atomic mass is 10.3. The molecule has 0 saturated carbocycles. The van der Waals surface area contributed by atoms with Gasteiger partial charge in [0.1, 0.15) is 10.7 Å². The summed E-state index contributed by atoms with van der Waals surface area (Å²) in [5.74, 6) is 2.48. The minimum Gasteiger partial charge on any atom is -0.452 e. The fourth-order valence-corrected chi connectivity index (χ4v) is 5.83. The minimum atomic E-state index is -3.52. The van der Waals surface area contributed by atoms with E-state index in [1.165, 1.54) is 4.31 Å². The molecule has 1 aromatic rings. The molecule has 1 aliphatic rings. The molecule has 1 N–H and O–H groups in total. The van der Waals surface area contributed by atoms with Gasteiger partial charge in [-0.15, -0.1) is 0 Å². The van der Waals surface area contributed by atoms with Gasteiger partial charge in [-0.25, -0.2) is 8.42 Å². The summed E-state index contributed by atoms with van der Waals surface area (Å²) in [5.41, 5.74) is 0. The van der Waals surface area contributed by atoms with Gasteiger partial charge in [0.2, 0.25) is 10.0 Å². The van der Waals surface area contributed by atoms with Crippen molar-refractivity contribution in [2.75, 3.05) is 18.6 Å². The zero-order chi connectivity index (χ0) is 15.6. The van der Waals surface area contributed by atoms with E-state index in [4.69, 9.17) is 4.42 Å². The van der Waals surface area contributed by atoms with Crippen molar-refractivity contribution < 1.29 is 12.8 Å². The molecular weight excluding hydrogens is 376 g/mol. The second-order valence-corrected chi connectivity index (χ2v) is 9.26. The standard InChI is InChI=1S/C13H21BrN2O3S2/c1-9(2)15-7-11-6-12(13(14)19-11)21(17,18)16(3)10-4-5-20-8-10/h6,9-10,15H,4-5,7-8H2,1-3H3. The average Bonchev–Trinajstić information content (AvgIpc) is 3.04. The van der Waals surface area contributed by atoms with E-state index < -0.39 is 10.0 Å². The number of nitrogens with one attached hydrogen (secondary N) is 1. The summed E-state index contributed by atoms with van der Waals surface area (Å²) in [5, 5.41) is 3.21. The van der Waals surface area contributed by atoms with Crippen LogP contribution in [0.5, 0.6) is 0 Å². The second kappa shape index (κ2) is 7.04. The summed E-state index contributed by atoms with van der Waals surface area (Å²) in [6.45, 7) is 4.57. The third kappa shape index (κ3) is 4.04. The molecule has 0 amide bonds. The summed E-state index contributed by atoms with van der Waals surface area (Å²) in [6, 6.07) is 1.99. The molecule has 1 aliphatic heterocycles. The van der Waals surface area contributed by atoms with Gasteiger partial charge in [0, 0.05) is 31.0 Å². The van der Waals surface area contributed by atoms with Crippen LogP contribution in [0.3, 0.4) is 0 Å². The van der Waals surface area contributed by atoms with E-state index in [2.05, 4.69) is 21.2 Å². The van der Waals surface area contributed by atoms with Crippen molar-refractivity contribution in [2.24, 2.45) is 0 Å². The first-order valence-electron chi connectivity index (χ1n) is 6.89. The topological polar surface area (TPSA) is 62.6 Å². The molecule has 120 valence electrons. The number of thioether (sulfide) groups is 1. The second-order valence-electron chi connectivity index (χ2n) is 5.42. The van der Waals surface area contributed by atoms with Crippen LogP contribution in [0.4, 0.5) is 0 Å². The molecule has 2 heterocycles. The van der Waals surface area contributed by atoms with Crippen molar-refractivity contribution in [3.63, 3.8) is 0 Å². The first kappa shape index (κ1) is 17.3. The maximum absolute atomic E-state index is 12.7. The summed E-state index contributed by atoms with van der Waals surface area (Å²) in [7, 11) is -1.87. The molecular formula is C13H21BrN2O3S2. The normalized spacial score (nSPS) is 19.8. The maximum atomic E-state index is 12.7. The Hall–Kier alpha value is -0.0200. The first-order valence-corrected chi connectivity index (χ1v) is 10.3. The highest BCUT2D eigenvalue weighted by Crippen LogP contribution is 2.31. The van der Waals surface area contributed by atoms with Gasteiger partial charge in [-0.2, -0.15) is 16.1 Å². The number of hydrogen-bond acceptors (Lipinski definition) is 5. The van der Waals surface area contributed by atoms with Gasteiger partial charge in [-0.05, 0) is 28.1 Å². The predicted octanol–water partition coefficient (Wildman–Crippen LogP) is 2.67. The van der Waals surface area contributed by atoms with Crippen LogP contribution >= 0.6 is 27.7 Å². The van der Waals surface area contributed by atoms with E-state index in [9.17, 15) is 8.42 Å². The Morgan fingerprint density at radius 3 is 2.86 bits per heavy atom. The lowest BCUT2D eigenvalue weighted by molar-refractivity contribution is 0.392. The lowest BCUT2D eigenvalue weighted by Crippen LogP contribution is -2.36. The molecule has 5 nitrogen and oxygen atoms in total. The highest BCUT2D eigenvalue weighted by Gasteiger charge is 2.33. The molecule has 1 saturated heterocycles. The van der Waals surface area contributed by atoms with E-state index in [1.807, 2.05) is 13.8 Å². The molecule has 8 heteroatoms. The number of hydrogen-bond donors (Lipinski definition) is 1. The van der Waals surface area contributed by atoms with Crippen LogP contribution in [0.1, 0.15) is 26.0 Å². The van der Waals surface area contributed by atoms with E-state index in [1.54, 1.807) is 24.9 Å². The van der Waals surface area contributed by atoms with Crippen molar-refractivity contribution in [1.82, 2.24) is 9.62 Å². The fourth-order valence-electron chi connectivity index (χ4n) is 2.13. The van der Waals surface area contributed by atoms with E-state index in [0.717, 1.165) is 17.9 Å². The molecule has 2 rings (SSSR count). The summed E-state index contributed by atoms with van der Waals surface area (Å²) in [4.78, 5) is 0.211. The molecule has 1 aromatic heterocycles. The summed E-state index contributed by atoms with van der Waals surface area (Å²) in [6.07, 6.45) is 0.900. The Kier molecular flexibility index (Phi) is 5.81. The smallest absolute Gasteiger partial charge is 0.247 e. The number of furan rings is 1. The van der Waals surface area contributed by atoms with Crippen LogP contribution in [0.2, 0.25) is 0 Å². The average molecular weight is 397 g/mol. The minimum absolute atomic E-state index is 0.0686. The lowest BCUT2D eigenvalue weighted by Gasteiger charge is -2.22. The Bertz CT molecular complexity index is 580. The highest BCUT2D eigenvalue weighted by molar-refractivity contribution is 9.10. The Morgan fingerprint density at radius 1 is 1.57 bits per heavy atom. The monoisotopic (exact) mass is 396 g/mol. The molecule has 1 unspecified atom stereocenters. The maximum Gasteiger partial charge on any atom is 0.247 e. The van der Waals surface area contributed by atoms with E-state index in [-0.39, 0.29) is 15.6 Å². The largest absolute Gasteiger partial charge is 0.452 e. The SMILES string of the molecule is CC(C)NCc1cc(S(=O)(=O)N(C)C2CCSC2)c(Br)o1. The molecule has 1 atom stereocenters. The van der Waals surface area contributed by atoms with Crippen molar-refractivity contribution in [3.05, 3.63) is 16.5 Å². The van der Waals surface area contributed by atoms with Gasteiger partial charge in [-0.1, -0.05) is 13.8 Å². The van der Waals surface area contributed by atoms with Crippen molar-refractivity contribution in [3.8, 4) is 0 Å². The Labute approximate surface area is 139 Å². The van der Waals surface area contributed by atoms with Gasteiger partial charge in [0.15, 0.2) is 4.67 Å². The van der Waals surface area contributed by atoms with E-state index >= 15 is 0 Å². The Morgan fingerprint density at radius 2 is 2.29 bits per heavy atom. The van der Waals surface area contributed by atoms with Crippen molar-refractivity contribution in [2.45, 2.75) is 43.8 Å². The number of rotatable bonds is 6. The zero-order valence-corrected chi connectivity index (χ0v) is 15.6. The van der Waals surface area contributed by atoms with Gasteiger partial charge in [0.05, 0.1) is 6.54 Å².